The molecule has 0 aliphatic heterocycles. The molecule has 2 aromatic carbocycles. The Balaban J connectivity index is 1.93. The molecule has 0 atom stereocenters. The van der Waals surface area contributed by atoms with E-state index in [1.807, 2.05) is 6.07 Å². The van der Waals surface area contributed by atoms with Crippen LogP contribution in [0.3, 0.4) is 0 Å². The lowest BCUT2D eigenvalue weighted by atomic mass is 9.87. The number of furan rings is 1. The number of aryl methyl sites for hydroxylation is 2. The lowest BCUT2D eigenvalue weighted by molar-refractivity contribution is -0.659. The summed E-state index contributed by atoms with van der Waals surface area (Å²) in [6, 6.07) is 15.5. The fourth-order valence-corrected chi connectivity index (χ4v) is 3.86. The highest BCUT2D eigenvalue weighted by Crippen LogP contribution is 2.32. The van der Waals surface area contributed by atoms with E-state index in [2.05, 4.69) is 81.9 Å². The SMILES string of the molecule is Cc1cc2ccoc2cc1-c1c2ccc(CC(C)(C)C)cc2cc[n+]1C. The molecule has 2 heterocycles. The third-order valence-electron chi connectivity index (χ3n) is 4.99. The zero-order chi connectivity index (χ0) is 18.5. The van der Waals surface area contributed by atoms with Gasteiger partial charge in [0.1, 0.15) is 12.6 Å². The monoisotopic (exact) mass is 344 g/mol. The molecule has 4 aromatic rings. The van der Waals surface area contributed by atoms with Crippen molar-refractivity contribution in [1.29, 1.82) is 0 Å². The highest BCUT2D eigenvalue weighted by atomic mass is 16.3. The van der Waals surface area contributed by atoms with Crippen molar-refractivity contribution in [1.82, 2.24) is 0 Å². The van der Waals surface area contributed by atoms with Crippen LogP contribution in [-0.2, 0) is 13.5 Å². The van der Waals surface area contributed by atoms with Gasteiger partial charge in [-0.1, -0.05) is 32.9 Å². The van der Waals surface area contributed by atoms with Crippen LogP contribution < -0.4 is 4.57 Å². The maximum absolute atomic E-state index is 5.65. The van der Waals surface area contributed by atoms with Gasteiger partial charge in [0.25, 0.3) is 0 Å². The van der Waals surface area contributed by atoms with E-state index >= 15 is 0 Å². The van der Waals surface area contributed by atoms with Gasteiger partial charge < -0.3 is 4.42 Å². The number of fused-ring (bicyclic) bond motifs is 2. The third-order valence-corrected chi connectivity index (χ3v) is 4.99. The van der Waals surface area contributed by atoms with Crippen LogP contribution in [0.4, 0.5) is 0 Å². The average Bonchev–Trinajstić information content (AvgIpc) is 3.00. The van der Waals surface area contributed by atoms with Crippen molar-refractivity contribution in [2.45, 2.75) is 34.1 Å². The van der Waals surface area contributed by atoms with Crippen LogP contribution in [-0.4, -0.2) is 0 Å². The number of aromatic nitrogens is 1. The molecule has 4 rings (SSSR count). The molecule has 2 nitrogen and oxygen atoms in total. The lowest BCUT2D eigenvalue weighted by Gasteiger charge is -2.18. The van der Waals surface area contributed by atoms with Crippen molar-refractivity contribution in [2.75, 3.05) is 0 Å². The molecule has 0 fully saturated rings. The Bertz CT molecular complexity index is 1110. The predicted octanol–water partition coefficient (Wildman–Crippen LogP) is 5.97. The summed E-state index contributed by atoms with van der Waals surface area (Å²) in [6.45, 7) is 9.04. The molecule has 0 aliphatic carbocycles. The Labute approximate surface area is 155 Å². The maximum atomic E-state index is 5.65. The van der Waals surface area contributed by atoms with Crippen molar-refractivity contribution in [3.8, 4) is 11.3 Å². The van der Waals surface area contributed by atoms with Crippen molar-refractivity contribution < 1.29 is 8.98 Å². The largest absolute Gasteiger partial charge is 0.464 e. The average molecular weight is 344 g/mol. The smallest absolute Gasteiger partial charge is 0.220 e. The quantitative estimate of drug-likeness (QED) is 0.409. The van der Waals surface area contributed by atoms with E-state index in [1.54, 1.807) is 6.26 Å². The van der Waals surface area contributed by atoms with Gasteiger partial charge >= 0.3 is 0 Å². The first-order chi connectivity index (χ1) is 12.3. The second kappa shape index (κ2) is 5.98. The Kier molecular flexibility index (Phi) is 3.87. The summed E-state index contributed by atoms with van der Waals surface area (Å²) < 4.78 is 7.86. The van der Waals surface area contributed by atoms with Crippen LogP contribution in [0.25, 0.3) is 33.0 Å². The number of hydrogen-bond donors (Lipinski definition) is 0. The van der Waals surface area contributed by atoms with Gasteiger partial charge in [0.05, 0.1) is 17.2 Å². The second-order valence-electron chi connectivity index (χ2n) is 8.56. The number of rotatable bonds is 2. The number of benzene rings is 2. The van der Waals surface area contributed by atoms with E-state index < -0.39 is 0 Å². The van der Waals surface area contributed by atoms with Crippen LogP contribution >= 0.6 is 0 Å². The van der Waals surface area contributed by atoms with Crippen LogP contribution in [0.5, 0.6) is 0 Å². The summed E-state index contributed by atoms with van der Waals surface area (Å²) in [5.74, 6) is 0. The van der Waals surface area contributed by atoms with Gasteiger partial charge in [-0.3, -0.25) is 0 Å². The first-order valence-corrected chi connectivity index (χ1v) is 9.21. The summed E-state index contributed by atoms with van der Waals surface area (Å²) in [5.41, 5.74) is 6.34. The fourth-order valence-electron chi connectivity index (χ4n) is 3.86. The molecular formula is C24H26NO+. The highest BCUT2D eigenvalue weighted by Gasteiger charge is 2.19. The number of hydrogen-bond acceptors (Lipinski definition) is 1. The van der Waals surface area contributed by atoms with E-state index in [9.17, 15) is 0 Å². The van der Waals surface area contributed by atoms with Crippen LogP contribution in [0.1, 0.15) is 31.9 Å². The molecule has 0 spiro atoms. The molecule has 0 amide bonds. The standard InChI is InChI=1S/C24H26NO/c1-16-12-19-9-11-26-22(19)14-21(16)23-20-7-6-17(15-24(2,3)4)13-18(20)8-10-25(23)5/h6-14H,15H2,1-5H3/q+1. The van der Waals surface area contributed by atoms with Gasteiger partial charge in [0, 0.05) is 11.5 Å². The minimum atomic E-state index is 0.289. The first-order valence-electron chi connectivity index (χ1n) is 9.21. The van der Waals surface area contributed by atoms with Gasteiger partial charge in [0.2, 0.25) is 5.69 Å². The molecule has 2 heteroatoms. The van der Waals surface area contributed by atoms with Crippen LogP contribution in [0.2, 0.25) is 0 Å². The van der Waals surface area contributed by atoms with Gasteiger partial charge in [-0.15, -0.1) is 0 Å². The van der Waals surface area contributed by atoms with Gasteiger partial charge in [-0.25, -0.2) is 4.57 Å². The van der Waals surface area contributed by atoms with Crippen molar-refractivity contribution >= 4 is 21.7 Å². The van der Waals surface area contributed by atoms with E-state index in [-0.39, 0.29) is 5.41 Å². The lowest BCUT2D eigenvalue weighted by Crippen LogP contribution is -2.30. The topological polar surface area (TPSA) is 17.0 Å². The third kappa shape index (κ3) is 3.01. The summed E-state index contributed by atoms with van der Waals surface area (Å²) in [7, 11) is 2.11. The Morgan fingerprint density at radius 3 is 2.54 bits per heavy atom. The van der Waals surface area contributed by atoms with Crippen molar-refractivity contribution in [2.24, 2.45) is 12.5 Å². The molecule has 2 aromatic heterocycles. The zero-order valence-corrected chi connectivity index (χ0v) is 16.3. The van der Waals surface area contributed by atoms with Crippen molar-refractivity contribution in [3.63, 3.8) is 0 Å². The molecule has 132 valence electrons. The summed E-state index contributed by atoms with van der Waals surface area (Å²) >= 11 is 0. The van der Waals surface area contributed by atoms with Crippen LogP contribution in [0.15, 0.2) is 59.3 Å². The number of pyridine rings is 1. The molecule has 0 unspecified atom stereocenters. The van der Waals surface area contributed by atoms with Crippen molar-refractivity contribution in [3.05, 3.63) is 66.1 Å². The van der Waals surface area contributed by atoms with Gasteiger partial charge in [0.15, 0.2) is 6.20 Å². The first kappa shape index (κ1) is 16.8. The molecule has 0 saturated heterocycles. The maximum Gasteiger partial charge on any atom is 0.220 e. The predicted molar refractivity (Wildman–Crippen MR) is 108 cm³/mol. The Hall–Kier alpha value is -2.61. The minimum absolute atomic E-state index is 0.289. The van der Waals surface area contributed by atoms with Crippen LogP contribution in [0, 0.1) is 12.3 Å². The molecule has 26 heavy (non-hydrogen) atoms. The summed E-state index contributed by atoms with van der Waals surface area (Å²) in [4.78, 5) is 0. The number of nitrogens with zero attached hydrogens (tertiary/aromatic N) is 1. The van der Waals surface area contributed by atoms with Gasteiger partial charge in [-0.05, 0) is 59.5 Å². The Morgan fingerprint density at radius 1 is 0.962 bits per heavy atom. The molecule has 0 aliphatic rings. The minimum Gasteiger partial charge on any atom is -0.464 e. The molecule has 0 N–H and O–H groups in total. The molecule has 0 radical (unpaired) electrons. The van der Waals surface area contributed by atoms with E-state index in [0.717, 1.165) is 17.4 Å². The van der Waals surface area contributed by atoms with Gasteiger partial charge in [-0.2, -0.15) is 0 Å². The normalized spacial score (nSPS) is 12.2. The molecule has 0 saturated carbocycles. The summed E-state index contributed by atoms with van der Waals surface area (Å²) in [5, 5.41) is 3.72. The molecule has 0 bridgehead atoms. The summed E-state index contributed by atoms with van der Waals surface area (Å²) in [6.07, 6.45) is 5.00. The van der Waals surface area contributed by atoms with E-state index in [0.29, 0.717) is 0 Å². The zero-order valence-electron chi connectivity index (χ0n) is 16.3. The highest BCUT2D eigenvalue weighted by molar-refractivity contribution is 5.96. The Morgan fingerprint density at radius 2 is 1.77 bits per heavy atom. The van der Waals surface area contributed by atoms with E-state index in [1.165, 1.54) is 33.2 Å². The van der Waals surface area contributed by atoms with E-state index in [4.69, 9.17) is 4.42 Å². The second-order valence-corrected chi connectivity index (χ2v) is 8.56. The fraction of sp³-hybridized carbons (Fsp3) is 0.292. The molecular weight excluding hydrogens is 318 g/mol.